The molecule has 0 fully saturated rings. The number of ketones is 1. The predicted molar refractivity (Wildman–Crippen MR) is 116 cm³/mol. The molecule has 2 aliphatic heterocycles. The van der Waals surface area contributed by atoms with E-state index >= 15 is 0 Å². The van der Waals surface area contributed by atoms with E-state index in [-0.39, 0.29) is 28.7 Å². The van der Waals surface area contributed by atoms with Gasteiger partial charge in [-0.25, -0.2) is 4.79 Å². The molecule has 8 nitrogen and oxygen atoms in total. The van der Waals surface area contributed by atoms with E-state index in [1.165, 1.54) is 49.2 Å². The van der Waals surface area contributed by atoms with E-state index in [2.05, 4.69) is 4.40 Å². The quantitative estimate of drug-likeness (QED) is 0.329. The van der Waals surface area contributed by atoms with Gasteiger partial charge in [-0.05, 0) is 42.2 Å². The molecule has 1 aromatic carbocycles. The first-order chi connectivity index (χ1) is 14.5. The predicted octanol–water partition coefficient (Wildman–Crippen LogP) is 3.97. The number of allylic oxidation sites excluding steroid dienone is 1. The van der Waals surface area contributed by atoms with E-state index in [9.17, 15) is 9.59 Å². The van der Waals surface area contributed by atoms with Gasteiger partial charge in [0.25, 0.3) is 0 Å². The zero-order chi connectivity index (χ0) is 21.3. The number of amidine groups is 2. The molecule has 152 valence electrons. The zero-order valence-electron chi connectivity index (χ0n) is 15.9. The lowest BCUT2D eigenvalue weighted by Gasteiger charge is -2.25. The number of hydrogen-bond donors (Lipinski definition) is 1. The Bertz CT molecular complexity index is 1140. The highest BCUT2D eigenvalue weighted by Gasteiger charge is 2.35. The molecule has 2 aromatic rings. The lowest BCUT2D eigenvalue weighted by molar-refractivity contribution is -0.111. The molecule has 0 saturated carbocycles. The molecule has 0 unspecified atom stereocenters. The molecule has 1 aromatic heterocycles. The number of ether oxygens (including phenoxy) is 2. The number of methoxy groups -OCH3 is 1. The second kappa shape index (κ2) is 8.25. The highest BCUT2D eigenvalue weighted by atomic mass is 32.2. The highest BCUT2D eigenvalue weighted by molar-refractivity contribution is 8.15. The third kappa shape index (κ3) is 3.66. The molecule has 0 aliphatic carbocycles. The van der Waals surface area contributed by atoms with E-state index < -0.39 is 5.97 Å². The fourth-order valence-corrected chi connectivity index (χ4v) is 4.34. The summed E-state index contributed by atoms with van der Waals surface area (Å²) in [6, 6.07) is 7.94. The number of benzene rings is 1. The van der Waals surface area contributed by atoms with Crippen LogP contribution in [0.25, 0.3) is 6.08 Å². The van der Waals surface area contributed by atoms with Crippen molar-refractivity contribution in [3.8, 4) is 11.5 Å². The number of nitrogens with zero attached hydrogens (tertiary/aromatic N) is 2. The number of rotatable bonds is 4. The summed E-state index contributed by atoms with van der Waals surface area (Å²) in [6.45, 7) is 0. The third-order valence-electron chi connectivity index (χ3n) is 4.23. The van der Waals surface area contributed by atoms with Crippen LogP contribution in [0.1, 0.15) is 16.1 Å². The monoisotopic (exact) mass is 441 g/mol. The molecule has 10 heteroatoms. The summed E-state index contributed by atoms with van der Waals surface area (Å²) in [5, 5.41) is 9.74. The van der Waals surface area contributed by atoms with Crippen LogP contribution in [0.5, 0.6) is 11.5 Å². The maximum absolute atomic E-state index is 12.6. The van der Waals surface area contributed by atoms with Gasteiger partial charge < -0.3 is 13.9 Å². The van der Waals surface area contributed by atoms with Gasteiger partial charge in [0.2, 0.25) is 5.76 Å². The van der Waals surface area contributed by atoms with Crippen LogP contribution in [-0.2, 0) is 4.79 Å². The summed E-state index contributed by atoms with van der Waals surface area (Å²) in [4.78, 5) is 26.3. The third-order valence-corrected chi connectivity index (χ3v) is 5.74. The molecular formula is C20H15N3O5S2. The first-order valence-electron chi connectivity index (χ1n) is 8.61. The fourth-order valence-electron chi connectivity index (χ4n) is 2.82. The van der Waals surface area contributed by atoms with Crippen molar-refractivity contribution in [3.63, 3.8) is 0 Å². The first kappa shape index (κ1) is 20.0. The van der Waals surface area contributed by atoms with E-state index in [4.69, 9.17) is 19.3 Å². The molecule has 0 saturated heterocycles. The number of furan rings is 1. The number of fused-ring (bicyclic) bond motifs is 1. The van der Waals surface area contributed by atoms with E-state index in [0.29, 0.717) is 21.5 Å². The molecule has 0 spiro atoms. The molecule has 2 aliphatic rings. The lowest BCUT2D eigenvalue weighted by Crippen LogP contribution is -2.36. The van der Waals surface area contributed by atoms with Crippen LogP contribution in [0.15, 0.2) is 62.1 Å². The van der Waals surface area contributed by atoms with E-state index in [1.54, 1.807) is 35.2 Å². The molecule has 1 N–H and O–H groups in total. The Kier molecular flexibility index (Phi) is 5.51. The maximum Gasteiger partial charge on any atom is 0.379 e. The SMILES string of the molecule is COc1cc(/C=C2/C(=N)N3C(=CC2=O)SN=C3SC)ccc1OC(=O)c1ccco1. The largest absolute Gasteiger partial charge is 0.493 e. The molecule has 4 rings (SSSR count). The van der Waals surface area contributed by atoms with Crippen molar-refractivity contribution in [1.82, 2.24) is 4.90 Å². The minimum absolute atomic E-state index is 0.0582. The van der Waals surface area contributed by atoms with Gasteiger partial charge in [-0.2, -0.15) is 4.40 Å². The number of carbonyl (C=O) groups is 2. The van der Waals surface area contributed by atoms with E-state index in [0.717, 1.165) is 0 Å². The summed E-state index contributed by atoms with van der Waals surface area (Å²) < 4.78 is 20.0. The van der Waals surface area contributed by atoms with Crippen molar-refractivity contribution in [3.05, 3.63) is 64.6 Å². The average Bonchev–Trinajstić information content (AvgIpc) is 3.42. The Balaban J connectivity index is 1.62. The smallest absolute Gasteiger partial charge is 0.379 e. The number of thioether (sulfide) groups is 1. The van der Waals surface area contributed by atoms with Crippen molar-refractivity contribution >= 4 is 52.5 Å². The first-order valence-corrected chi connectivity index (χ1v) is 10.6. The van der Waals surface area contributed by atoms with Crippen molar-refractivity contribution in [2.24, 2.45) is 4.40 Å². The Hall–Kier alpha value is -3.24. The Labute approximate surface area is 180 Å². The summed E-state index contributed by atoms with van der Waals surface area (Å²) >= 11 is 2.58. The Morgan fingerprint density at radius 3 is 2.87 bits per heavy atom. The summed E-state index contributed by atoms with van der Waals surface area (Å²) in [7, 11) is 1.45. The second-order valence-corrected chi connectivity index (χ2v) is 7.59. The Morgan fingerprint density at radius 2 is 2.17 bits per heavy atom. The van der Waals surface area contributed by atoms with Gasteiger partial charge >= 0.3 is 5.97 Å². The van der Waals surface area contributed by atoms with Crippen LogP contribution in [-0.4, -0.2) is 41.0 Å². The average molecular weight is 441 g/mol. The number of nitrogens with one attached hydrogen (secondary N) is 1. The van der Waals surface area contributed by atoms with Crippen LogP contribution in [0, 0.1) is 5.41 Å². The van der Waals surface area contributed by atoms with Crippen LogP contribution < -0.4 is 9.47 Å². The van der Waals surface area contributed by atoms with Gasteiger partial charge in [-0.15, -0.1) is 0 Å². The van der Waals surface area contributed by atoms with Gasteiger partial charge in [0.1, 0.15) is 10.9 Å². The van der Waals surface area contributed by atoms with Crippen LogP contribution in [0.4, 0.5) is 0 Å². The van der Waals surface area contributed by atoms with Gasteiger partial charge in [-0.1, -0.05) is 17.8 Å². The topological polar surface area (TPSA) is 105 Å². The molecule has 0 bridgehead atoms. The zero-order valence-corrected chi connectivity index (χ0v) is 17.5. The molecule has 0 atom stereocenters. The van der Waals surface area contributed by atoms with Gasteiger partial charge in [-0.3, -0.25) is 15.1 Å². The molecule has 30 heavy (non-hydrogen) atoms. The molecular weight excluding hydrogens is 426 g/mol. The highest BCUT2D eigenvalue weighted by Crippen LogP contribution is 2.38. The minimum atomic E-state index is -0.651. The molecule has 3 heterocycles. The summed E-state index contributed by atoms with van der Waals surface area (Å²) in [5.41, 5.74) is 0.842. The number of esters is 1. The molecule has 0 amide bonds. The van der Waals surface area contributed by atoms with Crippen LogP contribution >= 0.6 is 23.7 Å². The Morgan fingerprint density at radius 1 is 1.33 bits per heavy atom. The summed E-state index contributed by atoms with van der Waals surface area (Å²) in [6.07, 6.45) is 6.31. The van der Waals surface area contributed by atoms with Gasteiger partial charge in [0, 0.05) is 18.0 Å². The summed E-state index contributed by atoms with van der Waals surface area (Å²) in [5.74, 6) is -0.283. The van der Waals surface area contributed by atoms with Crippen molar-refractivity contribution in [1.29, 1.82) is 5.41 Å². The van der Waals surface area contributed by atoms with E-state index in [1.807, 2.05) is 6.26 Å². The van der Waals surface area contributed by atoms with Crippen molar-refractivity contribution in [2.45, 2.75) is 0 Å². The fraction of sp³-hybridized carbons (Fsp3) is 0.100. The van der Waals surface area contributed by atoms with Crippen LogP contribution in [0.2, 0.25) is 0 Å². The van der Waals surface area contributed by atoms with Gasteiger partial charge in [0.15, 0.2) is 22.4 Å². The second-order valence-electron chi connectivity index (χ2n) is 6.04. The normalized spacial score (nSPS) is 17.0. The minimum Gasteiger partial charge on any atom is -0.493 e. The van der Waals surface area contributed by atoms with Gasteiger partial charge in [0.05, 0.1) is 18.9 Å². The molecule has 0 radical (unpaired) electrons. The number of hydrogen-bond acceptors (Lipinski definition) is 9. The van der Waals surface area contributed by atoms with Crippen molar-refractivity contribution in [2.75, 3.05) is 13.4 Å². The number of carbonyl (C=O) groups excluding carboxylic acids is 2. The lowest BCUT2D eigenvalue weighted by atomic mass is 10.0. The maximum atomic E-state index is 12.6. The van der Waals surface area contributed by atoms with Crippen molar-refractivity contribution < 1.29 is 23.5 Å². The standard InChI is InChI=1S/C20H15N3O5S2/c1-26-16-9-11(5-6-14(16)28-19(25)15-4-3-7-27-15)8-12-13(24)10-17-23(18(12)21)20(29-2)22-30-17/h3-10,21H,1-2H3/b12-8+,21-18?. The van der Waals surface area contributed by atoms with Crippen LogP contribution in [0.3, 0.4) is 0 Å².